The van der Waals surface area contributed by atoms with E-state index >= 15 is 0 Å². The maximum atomic E-state index is 5.47. The maximum Gasteiger partial charge on any atom is 0.164 e. The van der Waals surface area contributed by atoms with Gasteiger partial charge >= 0.3 is 0 Å². The van der Waals surface area contributed by atoms with Gasteiger partial charge in [-0.15, -0.1) is 0 Å². The van der Waals surface area contributed by atoms with Crippen LogP contribution in [0.25, 0.3) is 89.7 Å². The van der Waals surface area contributed by atoms with Crippen molar-refractivity contribution < 1.29 is 0 Å². The molecule has 0 spiro atoms. The Morgan fingerprint density at radius 3 is 1.31 bits per heavy atom. The number of aromatic amines is 2. The monoisotopic (exact) mass is 820 g/mol. The molecule has 58 heavy (non-hydrogen) atoms. The van der Waals surface area contributed by atoms with E-state index in [2.05, 4.69) is 91.0 Å². The number of fused-ring (bicyclic) bond motifs is 20. The first kappa shape index (κ1) is 38.8. The van der Waals surface area contributed by atoms with Crippen LogP contribution in [-0.4, -0.2) is 57.1 Å². The molecule has 294 valence electrons. The Kier molecular flexibility index (Phi) is 11.8. The molecule has 0 aliphatic carbocycles. The first-order valence-corrected chi connectivity index (χ1v) is 24.1. The summed E-state index contributed by atoms with van der Waals surface area (Å²) >= 11 is 6.14. The molecule has 0 saturated carbocycles. The second kappa shape index (κ2) is 17.6. The minimum Gasteiger partial charge on any atom is -0.324 e. The van der Waals surface area contributed by atoms with Crippen LogP contribution in [0.1, 0.15) is 76.0 Å². The molecule has 8 nitrogen and oxygen atoms in total. The Labute approximate surface area is 352 Å². The zero-order chi connectivity index (χ0) is 39.4. The average Bonchev–Trinajstić information content (AvgIpc) is 3.98. The molecule has 2 aliphatic heterocycles. The van der Waals surface area contributed by atoms with E-state index < -0.39 is 0 Å². The number of unbranched alkanes of at least 4 members (excludes halogenated alkanes) is 3. The molecule has 7 aromatic rings. The van der Waals surface area contributed by atoms with Gasteiger partial charge in [0.05, 0.1) is 0 Å². The summed E-state index contributed by atoms with van der Waals surface area (Å²) in [6.07, 6.45) is 7.22. The molecule has 0 radical (unpaired) electrons. The lowest BCUT2D eigenvalue weighted by atomic mass is 9.98. The van der Waals surface area contributed by atoms with E-state index in [1.54, 1.807) is 0 Å². The Bertz CT molecular complexity index is 2790. The van der Waals surface area contributed by atoms with E-state index in [0.717, 1.165) is 89.6 Å². The summed E-state index contributed by atoms with van der Waals surface area (Å²) in [6, 6.07) is 27.2. The van der Waals surface area contributed by atoms with Gasteiger partial charge < -0.3 is 9.97 Å². The molecule has 4 aromatic carbocycles. The molecule has 2 aliphatic rings. The Morgan fingerprint density at radius 2 is 0.828 bits per heavy atom. The van der Waals surface area contributed by atoms with Crippen LogP contribution in [0.2, 0.25) is 0 Å². The predicted molar refractivity (Wildman–Crippen MR) is 249 cm³/mol. The number of H-pyrrole nitrogens is 2. The minimum atomic E-state index is 0.618. The van der Waals surface area contributed by atoms with E-state index in [0.29, 0.717) is 34.6 Å². The number of benzene rings is 4. The van der Waals surface area contributed by atoms with E-state index in [-0.39, 0.29) is 0 Å². The van der Waals surface area contributed by atoms with Gasteiger partial charge in [0.1, 0.15) is 22.6 Å². The Morgan fingerprint density at radius 1 is 0.431 bits per heavy atom. The molecule has 8 bridgehead atoms. The summed E-state index contributed by atoms with van der Waals surface area (Å²) < 4.78 is 0. The van der Waals surface area contributed by atoms with Gasteiger partial charge in [-0.25, -0.2) is 29.9 Å². The van der Waals surface area contributed by atoms with Crippen LogP contribution in [0.15, 0.2) is 78.9 Å². The standard InChI is InChI=1S/C47H48N8S3/c1-4-7-22-56-26-29-25-36-39(38(28-58-24-9-6-3)37(29)27-57-23-8-5-2)47-54-45-35-21-15-14-20-34(35)43(52-45)50-41-31-17-11-10-16-30(31)40(48-41)49-42-32-18-12-13-19-33(32)44(51-42)53-46(36)55-47/h10-21,25H,4-9,22-24,26-28H2,1-3H3,(H2,48,49,50,51,52,53,54,55). The van der Waals surface area contributed by atoms with E-state index in [9.17, 15) is 0 Å². The second-order valence-corrected chi connectivity index (χ2v) is 18.2. The van der Waals surface area contributed by atoms with Gasteiger partial charge in [-0.05, 0) is 59.3 Å². The van der Waals surface area contributed by atoms with Gasteiger partial charge in [0, 0.05) is 61.1 Å². The van der Waals surface area contributed by atoms with Crippen molar-refractivity contribution in [2.24, 2.45) is 0 Å². The first-order chi connectivity index (χ1) is 28.6. The fourth-order valence-electron chi connectivity index (χ4n) is 7.72. The molecule has 0 saturated heterocycles. The van der Waals surface area contributed by atoms with Gasteiger partial charge in [0.15, 0.2) is 23.3 Å². The average molecular weight is 821 g/mol. The molecular formula is C47H48N8S3. The summed E-state index contributed by atoms with van der Waals surface area (Å²) in [5.41, 5.74) is 11.0. The fraction of sp³-hybridized carbons (Fsp3) is 0.319. The largest absolute Gasteiger partial charge is 0.324 e. The topological polar surface area (TPSA) is 109 Å². The van der Waals surface area contributed by atoms with Crippen LogP contribution in [0.4, 0.5) is 0 Å². The number of hydrogen-bond donors (Lipinski definition) is 2. The smallest absolute Gasteiger partial charge is 0.164 e. The SMILES string of the molecule is CCCCSCc1cc2c3nc4nc(nc5[nH]c(nc6nc(nc([nH]3)c2c(CSCCCC)c1CSCCCC)-c1ccccc1-6)c1ccccc51)-c1ccccc1-4. The number of aromatic nitrogens is 8. The van der Waals surface area contributed by atoms with Crippen LogP contribution in [0, 0.1) is 0 Å². The van der Waals surface area contributed by atoms with Crippen molar-refractivity contribution >= 4 is 79.4 Å². The molecule has 0 unspecified atom stereocenters. The lowest BCUT2D eigenvalue weighted by molar-refractivity contribution is 0.895. The molecule has 9 rings (SSSR count). The molecular weight excluding hydrogens is 773 g/mol. The number of thioether (sulfide) groups is 3. The number of rotatable bonds is 15. The Balaban J connectivity index is 1.39. The van der Waals surface area contributed by atoms with E-state index in [1.165, 1.54) is 55.2 Å². The zero-order valence-electron chi connectivity index (χ0n) is 33.4. The second-order valence-electron chi connectivity index (χ2n) is 14.9. The van der Waals surface area contributed by atoms with Crippen molar-refractivity contribution in [2.75, 3.05) is 17.3 Å². The van der Waals surface area contributed by atoms with Crippen molar-refractivity contribution in [2.45, 2.75) is 76.6 Å². The van der Waals surface area contributed by atoms with Crippen LogP contribution >= 0.6 is 35.3 Å². The van der Waals surface area contributed by atoms with Gasteiger partial charge in [-0.3, -0.25) is 0 Å². The van der Waals surface area contributed by atoms with Crippen LogP contribution in [0.5, 0.6) is 0 Å². The molecule has 11 heteroatoms. The maximum absolute atomic E-state index is 5.47. The highest BCUT2D eigenvalue weighted by Crippen LogP contribution is 2.40. The third-order valence-corrected chi connectivity index (χ3v) is 14.1. The third-order valence-electron chi connectivity index (χ3n) is 10.8. The van der Waals surface area contributed by atoms with Crippen molar-refractivity contribution in [3.05, 3.63) is 95.6 Å². The molecule has 2 N–H and O–H groups in total. The molecule has 3 aromatic heterocycles. The van der Waals surface area contributed by atoms with Crippen LogP contribution in [-0.2, 0) is 17.3 Å². The molecule has 0 atom stereocenters. The summed E-state index contributed by atoms with van der Waals surface area (Å²) in [7, 11) is 0. The normalized spacial score (nSPS) is 12.1. The third kappa shape index (κ3) is 7.64. The summed E-state index contributed by atoms with van der Waals surface area (Å²) in [5.74, 6) is 8.79. The highest BCUT2D eigenvalue weighted by Gasteiger charge is 2.24. The summed E-state index contributed by atoms with van der Waals surface area (Å²) in [5, 5.41) is 4.14. The van der Waals surface area contributed by atoms with Gasteiger partial charge in [0.2, 0.25) is 0 Å². The molecule has 0 fully saturated rings. The quantitative estimate of drug-likeness (QED) is 0.0977. The van der Waals surface area contributed by atoms with Crippen LogP contribution < -0.4 is 0 Å². The number of nitrogens with one attached hydrogen (secondary N) is 2. The summed E-state index contributed by atoms with van der Waals surface area (Å²) in [4.78, 5) is 38.9. The number of nitrogens with zero attached hydrogens (tertiary/aromatic N) is 6. The lowest BCUT2D eigenvalue weighted by Gasteiger charge is -2.17. The van der Waals surface area contributed by atoms with E-state index in [1.807, 2.05) is 53.9 Å². The zero-order valence-corrected chi connectivity index (χ0v) is 35.8. The minimum absolute atomic E-state index is 0.618. The molecule has 0 amide bonds. The highest BCUT2D eigenvalue weighted by atomic mass is 32.2. The highest BCUT2D eigenvalue weighted by molar-refractivity contribution is 7.99. The summed E-state index contributed by atoms with van der Waals surface area (Å²) in [6.45, 7) is 6.83. The van der Waals surface area contributed by atoms with Gasteiger partial charge in [-0.2, -0.15) is 35.3 Å². The van der Waals surface area contributed by atoms with Gasteiger partial charge in [-0.1, -0.05) is 113 Å². The Hall–Kier alpha value is -4.71. The first-order valence-electron chi connectivity index (χ1n) is 20.7. The lowest BCUT2D eigenvalue weighted by Crippen LogP contribution is -2.01. The van der Waals surface area contributed by atoms with Crippen molar-refractivity contribution in [3.63, 3.8) is 0 Å². The van der Waals surface area contributed by atoms with Gasteiger partial charge in [0.25, 0.3) is 0 Å². The fourth-order valence-corrected chi connectivity index (χ4v) is 11.2. The van der Waals surface area contributed by atoms with E-state index in [4.69, 9.17) is 29.9 Å². The van der Waals surface area contributed by atoms with Crippen molar-refractivity contribution in [1.29, 1.82) is 0 Å². The van der Waals surface area contributed by atoms with Crippen LogP contribution in [0.3, 0.4) is 0 Å². The van der Waals surface area contributed by atoms with Crippen molar-refractivity contribution in [3.8, 4) is 45.6 Å². The molecule has 5 heterocycles. The predicted octanol–water partition coefficient (Wildman–Crippen LogP) is 13.0. The van der Waals surface area contributed by atoms with Crippen molar-refractivity contribution in [1.82, 2.24) is 39.9 Å². The number of hydrogen-bond acceptors (Lipinski definition) is 9.